The minimum Gasteiger partial charge on any atom is -0.348 e. The first-order valence-electron chi connectivity index (χ1n) is 6.38. The molecule has 2 amide bonds. The first-order chi connectivity index (χ1) is 8.24. The lowest BCUT2D eigenvalue weighted by atomic mass is 10.1. The number of carbonyl (C=O) groups excluding carboxylic acids is 2. The fourth-order valence-electron chi connectivity index (χ4n) is 2.02. The SMILES string of the molecule is O=C(NCCCCl)C(=O)NC1CCCCCC1. The van der Waals surface area contributed by atoms with Gasteiger partial charge in [-0.3, -0.25) is 9.59 Å². The van der Waals surface area contributed by atoms with Crippen molar-refractivity contribution < 1.29 is 9.59 Å². The summed E-state index contributed by atoms with van der Waals surface area (Å²) in [7, 11) is 0. The number of hydrogen-bond donors (Lipinski definition) is 2. The van der Waals surface area contributed by atoms with Crippen molar-refractivity contribution >= 4 is 23.4 Å². The third-order valence-electron chi connectivity index (χ3n) is 2.99. The summed E-state index contributed by atoms with van der Waals surface area (Å²) in [5.41, 5.74) is 0. The van der Waals surface area contributed by atoms with Crippen LogP contribution in [0.4, 0.5) is 0 Å². The summed E-state index contributed by atoms with van der Waals surface area (Å²) < 4.78 is 0. The number of carbonyl (C=O) groups is 2. The zero-order chi connectivity index (χ0) is 12.5. The molecule has 1 fully saturated rings. The Kier molecular flexibility index (Phi) is 7.01. The monoisotopic (exact) mass is 260 g/mol. The molecule has 2 N–H and O–H groups in total. The van der Waals surface area contributed by atoms with Gasteiger partial charge in [0.1, 0.15) is 0 Å². The Bertz CT molecular complexity index is 251. The van der Waals surface area contributed by atoms with Crippen LogP contribution < -0.4 is 10.6 Å². The highest BCUT2D eigenvalue weighted by Gasteiger charge is 2.19. The van der Waals surface area contributed by atoms with Gasteiger partial charge in [-0.15, -0.1) is 11.6 Å². The van der Waals surface area contributed by atoms with Crippen LogP contribution in [0, 0.1) is 0 Å². The summed E-state index contributed by atoms with van der Waals surface area (Å²) in [6.45, 7) is 0.459. The Balaban J connectivity index is 2.24. The molecule has 1 rings (SSSR count). The Morgan fingerprint density at radius 1 is 1.06 bits per heavy atom. The maximum Gasteiger partial charge on any atom is 0.309 e. The highest BCUT2D eigenvalue weighted by atomic mass is 35.5. The molecular formula is C12H21ClN2O2. The van der Waals surface area contributed by atoms with Gasteiger partial charge in [0.25, 0.3) is 0 Å². The van der Waals surface area contributed by atoms with Gasteiger partial charge in [0, 0.05) is 18.5 Å². The van der Waals surface area contributed by atoms with Gasteiger partial charge < -0.3 is 10.6 Å². The molecule has 98 valence electrons. The predicted octanol–water partition coefficient (Wildman–Crippen LogP) is 1.57. The van der Waals surface area contributed by atoms with Crippen LogP contribution in [0.15, 0.2) is 0 Å². The lowest BCUT2D eigenvalue weighted by Gasteiger charge is -2.15. The quantitative estimate of drug-likeness (QED) is 0.349. The van der Waals surface area contributed by atoms with Crippen molar-refractivity contribution in [3.63, 3.8) is 0 Å². The van der Waals surface area contributed by atoms with Crippen LogP contribution in [0.25, 0.3) is 0 Å². The van der Waals surface area contributed by atoms with Crippen LogP contribution >= 0.6 is 11.6 Å². The number of rotatable bonds is 4. The first kappa shape index (κ1) is 14.3. The van der Waals surface area contributed by atoms with E-state index in [1.54, 1.807) is 0 Å². The molecule has 4 nitrogen and oxygen atoms in total. The molecule has 0 bridgehead atoms. The maximum atomic E-state index is 11.6. The number of alkyl halides is 1. The molecule has 0 spiro atoms. The standard InChI is InChI=1S/C12H21ClN2O2/c13-8-5-9-14-11(16)12(17)15-10-6-3-1-2-4-7-10/h10H,1-9H2,(H,14,16)(H,15,17). The molecular weight excluding hydrogens is 240 g/mol. The molecule has 0 aliphatic heterocycles. The van der Waals surface area contributed by atoms with Gasteiger partial charge in [-0.25, -0.2) is 0 Å². The highest BCUT2D eigenvalue weighted by Crippen LogP contribution is 2.16. The van der Waals surface area contributed by atoms with Crippen LogP contribution in [-0.4, -0.2) is 30.3 Å². The molecule has 17 heavy (non-hydrogen) atoms. The van der Waals surface area contributed by atoms with E-state index in [1.165, 1.54) is 12.8 Å². The Labute approximate surface area is 107 Å². The minimum atomic E-state index is -0.542. The molecule has 0 atom stereocenters. The lowest BCUT2D eigenvalue weighted by Crippen LogP contribution is -2.44. The Hall–Kier alpha value is -0.770. The highest BCUT2D eigenvalue weighted by molar-refractivity contribution is 6.35. The third-order valence-corrected chi connectivity index (χ3v) is 3.26. The van der Waals surface area contributed by atoms with Crippen LogP contribution in [0.2, 0.25) is 0 Å². The van der Waals surface area contributed by atoms with Crippen molar-refractivity contribution in [2.24, 2.45) is 0 Å². The number of nitrogens with one attached hydrogen (secondary N) is 2. The summed E-state index contributed by atoms with van der Waals surface area (Å²) in [4.78, 5) is 23.0. The normalized spacial score (nSPS) is 17.2. The molecule has 1 aliphatic rings. The van der Waals surface area contributed by atoms with Crippen molar-refractivity contribution in [2.75, 3.05) is 12.4 Å². The van der Waals surface area contributed by atoms with Gasteiger partial charge >= 0.3 is 11.8 Å². The molecule has 0 unspecified atom stereocenters. The lowest BCUT2D eigenvalue weighted by molar-refractivity contribution is -0.139. The number of halogens is 1. The maximum absolute atomic E-state index is 11.6. The smallest absolute Gasteiger partial charge is 0.309 e. The first-order valence-corrected chi connectivity index (χ1v) is 6.92. The van der Waals surface area contributed by atoms with Crippen molar-refractivity contribution in [1.82, 2.24) is 10.6 Å². The van der Waals surface area contributed by atoms with Crippen LogP contribution in [0.5, 0.6) is 0 Å². The average molecular weight is 261 g/mol. The zero-order valence-electron chi connectivity index (χ0n) is 10.1. The Morgan fingerprint density at radius 2 is 1.71 bits per heavy atom. The third kappa shape index (κ3) is 5.91. The van der Waals surface area contributed by atoms with Crippen molar-refractivity contribution in [1.29, 1.82) is 0 Å². The van der Waals surface area contributed by atoms with E-state index < -0.39 is 11.8 Å². The van der Waals surface area contributed by atoms with E-state index in [-0.39, 0.29) is 6.04 Å². The van der Waals surface area contributed by atoms with Crippen LogP contribution in [0.1, 0.15) is 44.9 Å². The van der Waals surface area contributed by atoms with E-state index in [9.17, 15) is 9.59 Å². The molecule has 0 heterocycles. The van der Waals surface area contributed by atoms with Gasteiger partial charge in [-0.05, 0) is 19.3 Å². The molecule has 0 aromatic rings. The van der Waals surface area contributed by atoms with Crippen molar-refractivity contribution in [3.8, 4) is 0 Å². The summed E-state index contributed by atoms with van der Waals surface area (Å²) >= 11 is 5.49. The molecule has 0 aromatic carbocycles. The second-order valence-electron chi connectivity index (χ2n) is 4.46. The van der Waals surface area contributed by atoms with E-state index >= 15 is 0 Å². The van der Waals surface area contributed by atoms with E-state index in [0.717, 1.165) is 25.7 Å². The zero-order valence-corrected chi connectivity index (χ0v) is 10.9. The fourth-order valence-corrected chi connectivity index (χ4v) is 2.16. The molecule has 0 saturated heterocycles. The number of amides is 2. The molecule has 5 heteroatoms. The van der Waals surface area contributed by atoms with Gasteiger partial charge in [-0.2, -0.15) is 0 Å². The average Bonchev–Trinajstić information content (AvgIpc) is 2.57. The van der Waals surface area contributed by atoms with Crippen molar-refractivity contribution in [2.45, 2.75) is 51.0 Å². The molecule has 0 radical (unpaired) electrons. The van der Waals surface area contributed by atoms with Crippen molar-refractivity contribution in [3.05, 3.63) is 0 Å². The minimum absolute atomic E-state index is 0.170. The topological polar surface area (TPSA) is 58.2 Å². The summed E-state index contributed by atoms with van der Waals surface area (Å²) in [6.07, 6.45) is 7.39. The van der Waals surface area contributed by atoms with E-state index in [2.05, 4.69) is 10.6 Å². The summed E-state index contributed by atoms with van der Waals surface area (Å²) in [6, 6.07) is 0.170. The molecule has 0 aromatic heterocycles. The number of hydrogen-bond acceptors (Lipinski definition) is 2. The summed E-state index contributed by atoms with van der Waals surface area (Å²) in [5, 5.41) is 5.35. The van der Waals surface area contributed by atoms with Gasteiger partial charge in [0.2, 0.25) is 0 Å². The Morgan fingerprint density at radius 3 is 2.29 bits per heavy atom. The van der Waals surface area contributed by atoms with Crippen LogP contribution in [0.3, 0.4) is 0 Å². The van der Waals surface area contributed by atoms with E-state index in [4.69, 9.17) is 11.6 Å². The van der Waals surface area contributed by atoms with Gasteiger partial charge in [0.15, 0.2) is 0 Å². The van der Waals surface area contributed by atoms with Gasteiger partial charge in [-0.1, -0.05) is 25.7 Å². The van der Waals surface area contributed by atoms with Crippen LogP contribution in [-0.2, 0) is 9.59 Å². The second kappa shape index (κ2) is 8.34. The molecule has 1 saturated carbocycles. The fraction of sp³-hybridized carbons (Fsp3) is 0.833. The van der Waals surface area contributed by atoms with Gasteiger partial charge in [0.05, 0.1) is 0 Å². The van der Waals surface area contributed by atoms with E-state index in [0.29, 0.717) is 18.8 Å². The largest absolute Gasteiger partial charge is 0.348 e. The second-order valence-corrected chi connectivity index (χ2v) is 4.84. The summed E-state index contributed by atoms with van der Waals surface area (Å²) in [5.74, 6) is -0.560. The van der Waals surface area contributed by atoms with E-state index in [1.807, 2.05) is 0 Å². The molecule has 1 aliphatic carbocycles. The predicted molar refractivity (Wildman–Crippen MR) is 68.0 cm³/mol.